The van der Waals surface area contributed by atoms with Crippen molar-refractivity contribution in [1.82, 2.24) is 9.88 Å². The quantitative estimate of drug-likeness (QED) is 0.724. The molecule has 2 fully saturated rings. The van der Waals surface area contributed by atoms with Crippen molar-refractivity contribution in [3.63, 3.8) is 0 Å². The predicted octanol–water partition coefficient (Wildman–Crippen LogP) is 4.21. The Balaban J connectivity index is 1.24. The highest BCUT2D eigenvalue weighted by Crippen LogP contribution is 2.47. The molecule has 0 saturated carbocycles. The first-order valence-corrected chi connectivity index (χ1v) is 12.2. The summed E-state index contributed by atoms with van der Waals surface area (Å²) >= 11 is 1.81. The summed E-state index contributed by atoms with van der Waals surface area (Å²) in [5.74, 6) is 0.164. The monoisotopic (exact) mass is 424 g/mol. The van der Waals surface area contributed by atoms with E-state index in [1.54, 1.807) is 6.92 Å². The summed E-state index contributed by atoms with van der Waals surface area (Å²) in [7, 11) is 0. The minimum absolute atomic E-state index is 0.164. The number of thiazole rings is 1. The average molecular weight is 425 g/mol. The van der Waals surface area contributed by atoms with E-state index >= 15 is 0 Å². The van der Waals surface area contributed by atoms with Gasteiger partial charge in [0.2, 0.25) is 5.91 Å². The zero-order valence-corrected chi connectivity index (χ0v) is 19.0. The number of amides is 1. The van der Waals surface area contributed by atoms with E-state index in [4.69, 9.17) is 0 Å². The Bertz CT molecular complexity index is 909. The molecule has 2 saturated heterocycles. The van der Waals surface area contributed by atoms with Crippen molar-refractivity contribution in [2.45, 2.75) is 57.4 Å². The molecule has 0 radical (unpaired) electrons. The fourth-order valence-corrected chi connectivity index (χ4v) is 6.62. The molecule has 5 nitrogen and oxygen atoms in total. The van der Waals surface area contributed by atoms with Crippen molar-refractivity contribution in [2.75, 3.05) is 42.5 Å². The number of likely N-dealkylation sites (tertiary alicyclic amines) is 1. The van der Waals surface area contributed by atoms with Gasteiger partial charge < -0.3 is 14.7 Å². The van der Waals surface area contributed by atoms with Crippen molar-refractivity contribution >= 4 is 28.1 Å². The van der Waals surface area contributed by atoms with Gasteiger partial charge in [-0.3, -0.25) is 4.79 Å². The van der Waals surface area contributed by atoms with E-state index in [1.807, 2.05) is 22.4 Å². The van der Waals surface area contributed by atoms with Crippen LogP contribution in [0.2, 0.25) is 0 Å². The summed E-state index contributed by atoms with van der Waals surface area (Å²) in [6.07, 6.45) is 7.98. The van der Waals surface area contributed by atoms with Crippen molar-refractivity contribution in [2.24, 2.45) is 0 Å². The van der Waals surface area contributed by atoms with Gasteiger partial charge in [-0.2, -0.15) is 0 Å². The third-order valence-corrected chi connectivity index (χ3v) is 8.55. The van der Waals surface area contributed by atoms with Gasteiger partial charge in [0.25, 0.3) is 0 Å². The summed E-state index contributed by atoms with van der Waals surface area (Å²) in [4.78, 5) is 25.2. The average Bonchev–Trinajstić information content (AvgIpc) is 3.21. The molecule has 1 aromatic carbocycles. The van der Waals surface area contributed by atoms with Crippen LogP contribution in [0.5, 0.6) is 0 Å². The second kappa shape index (κ2) is 7.97. The third kappa shape index (κ3) is 3.54. The van der Waals surface area contributed by atoms with Crippen molar-refractivity contribution in [1.29, 1.82) is 0 Å². The van der Waals surface area contributed by atoms with Crippen LogP contribution in [0.15, 0.2) is 30.5 Å². The second-order valence-electron chi connectivity index (χ2n) is 9.23. The number of aromatic nitrogens is 1. The third-order valence-electron chi connectivity index (χ3n) is 7.58. The first-order chi connectivity index (χ1) is 14.6. The first kappa shape index (κ1) is 20.0. The maximum Gasteiger partial charge on any atom is 0.223 e. The molecule has 0 N–H and O–H groups in total. The lowest BCUT2D eigenvalue weighted by Gasteiger charge is -2.50. The minimum Gasteiger partial charge on any atom is -0.348 e. The fourth-order valence-electron chi connectivity index (χ4n) is 5.81. The Morgan fingerprint density at radius 3 is 2.43 bits per heavy atom. The lowest BCUT2D eigenvalue weighted by Crippen LogP contribution is -2.53. The number of hydrogen-bond acceptors (Lipinski definition) is 5. The van der Waals surface area contributed by atoms with E-state index in [9.17, 15) is 4.79 Å². The van der Waals surface area contributed by atoms with Gasteiger partial charge in [-0.25, -0.2) is 4.98 Å². The Hall–Kier alpha value is -1.92. The molecule has 6 heteroatoms. The summed E-state index contributed by atoms with van der Waals surface area (Å²) in [5.41, 5.74) is 2.80. The second-order valence-corrected chi connectivity index (χ2v) is 10.4. The highest BCUT2D eigenvalue weighted by Gasteiger charge is 2.43. The van der Waals surface area contributed by atoms with Crippen LogP contribution in [0.25, 0.3) is 0 Å². The number of rotatable bonds is 2. The Morgan fingerprint density at radius 2 is 1.77 bits per heavy atom. The molecule has 30 heavy (non-hydrogen) atoms. The van der Waals surface area contributed by atoms with Gasteiger partial charge in [0.15, 0.2) is 5.13 Å². The topological polar surface area (TPSA) is 39.7 Å². The molecule has 3 aliphatic heterocycles. The van der Waals surface area contributed by atoms with Crippen LogP contribution in [-0.2, 0) is 10.2 Å². The number of benzene rings is 1. The first-order valence-electron chi connectivity index (χ1n) is 11.3. The van der Waals surface area contributed by atoms with Crippen LogP contribution in [0, 0.1) is 6.92 Å². The van der Waals surface area contributed by atoms with Gasteiger partial charge in [0.05, 0.1) is 0 Å². The zero-order chi connectivity index (χ0) is 20.7. The van der Waals surface area contributed by atoms with Crippen LogP contribution < -0.4 is 9.80 Å². The zero-order valence-electron chi connectivity index (χ0n) is 18.1. The highest BCUT2D eigenvalue weighted by atomic mass is 32.1. The molecule has 1 spiro atoms. The minimum atomic E-state index is 0.164. The van der Waals surface area contributed by atoms with E-state index in [2.05, 4.69) is 46.0 Å². The van der Waals surface area contributed by atoms with E-state index < -0.39 is 0 Å². The number of piperidine rings is 2. The molecule has 1 amide bonds. The van der Waals surface area contributed by atoms with Crippen LogP contribution in [0.3, 0.4) is 0 Å². The normalized spacial score (nSPS) is 22.3. The van der Waals surface area contributed by atoms with Gasteiger partial charge in [-0.05, 0) is 63.7 Å². The molecule has 160 valence electrons. The van der Waals surface area contributed by atoms with Gasteiger partial charge in [-0.15, -0.1) is 11.3 Å². The van der Waals surface area contributed by atoms with Gasteiger partial charge >= 0.3 is 0 Å². The van der Waals surface area contributed by atoms with Gasteiger partial charge in [0, 0.05) is 54.8 Å². The van der Waals surface area contributed by atoms with Gasteiger partial charge in [-0.1, -0.05) is 18.2 Å². The van der Waals surface area contributed by atoms with Crippen molar-refractivity contribution < 1.29 is 4.79 Å². The number of hydrogen-bond donors (Lipinski definition) is 0. The van der Waals surface area contributed by atoms with E-state index in [-0.39, 0.29) is 11.3 Å². The standard InChI is InChI=1S/C24H32N4OS/c1-18-17-25-23(30-18)27-12-7-20(8-13-27)26-14-9-24(10-15-26)11-16-28(19(2)29)22-6-4-3-5-21(22)24/h3-6,17,20H,7-16H2,1-2H3. The molecule has 0 unspecified atom stereocenters. The van der Waals surface area contributed by atoms with E-state index in [0.717, 1.165) is 31.7 Å². The molecule has 3 aliphatic rings. The van der Waals surface area contributed by atoms with Crippen LogP contribution >= 0.6 is 11.3 Å². The maximum atomic E-state index is 12.1. The maximum absolute atomic E-state index is 12.1. The molecule has 0 bridgehead atoms. The SMILES string of the molecule is CC(=O)N1CCC2(CCN(C3CCN(c4ncc(C)s4)CC3)CC2)c2ccccc21. The lowest BCUT2D eigenvalue weighted by molar-refractivity contribution is -0.116. The number of anilines is 2. The molecule has 4 heterocycles. The van der Waals surface area contributed by atoms with Crippen LogP contribution in [0.1, 0.15) is 49.5 Å². The smallest absolute Gasteiger partial charge is 0.223 e. The molecule has 2 aromatic rings. The molecule has 5 rings (SSSR count). The lowest BCUT2D eigenvalue weighted by atomic mass is 9.67. The number of carbonyl (C=O) groups is 1. The van der Waals surface area contributed by atoms with E-state index in [1.165, 1.54) is 54.3 Å². The fraction of sp³-hybridized carbons (Fsp3) is 0.583. The number of para-hydroxylation sites is 1. The summed E-state index contributed by atoms with van der Waals surface area (Å²) in [5, 5.41) is 1.19. The molecular formula is C24H32N4OS. The Morgan fingerprint density at radius 1 is 1.07 bits per heavy atom. The number of nitrogens with zero attached hydrogens (tertiary/aromatic N) is 4. The summed E-state index contributed by atoms with van der Waals surface area (Å²) in [6, 6.07) is 9.33. The van der Waals surface area contributed by atoms with Crippen molar-refractivity contribution in [3.05, 3.63) is 40.9 Å². The number of aryl methyl sites for hydroxylation is 1. The Labute approximate surface area is 183 Å². The predicted molar refractivity (Wildman–Crippen MR) is 124 cm³/mol. The number of fused-ring (bicyclic) bond motifs is 2. The van der Waals surface area contributed by atoms with Crippen molar-refractivity contribution in [3.8, 4) is 0 Å². The molecular weight excluding hydrogens is 392 g/mol. The summed E-state index contributed by atoms with van der Waals surface area (Å²) < 4.78 is 0. The highest BCUT2D eigenvalue weighted by molar-refractivity contribution is 7.15. The van der Waals surface area contributed by atoms with Crippen LogP contribution in [0.4, 0.5) is 10.8 Å². The molecule has 0 atom stereocenters. The molecule has 0 aliphatic carbocycles. The largest absolute Gasteiger partial charge is 0.348 e. The van der Waals surface area contributed by atoms with Gasteiger partial charge in [0.1, 0.15) is 0 Å². The van der Waals surface area contributed by atoms with E-state index in [0.29, 0.717) is 6.04 Å². The number of carbonyl (C=O) groups excluding carboxylic acids is 1. The Kier molecular flexibility index (Phi) is 5.31. The summed E-state index contributed by atoms with van der Waals surface area (Å²) in [6.45, 7) is 9.28. The molecule has 1 aromatic heterocycles. The van der Waals surface area contributed by atoms with Crippen LogP contribution in [-0.4, -0.2) is 54.6 Å².